The minimum absolute atomic E-state index is 0.0677. The summed E-state index contributed by atoms with van der Waals surface area (Å²) in [6.07, 6.45) is 0. The van der Waals surface area contributed by atoms with Crippen LogP contribution in [0.2, 0.25) is 0 Å². The van der Waals surface area contributed by atoms with E-state index in [2.05, 4.69) is 5.32 Å². The van der Waals surface area contributed by atoms with Gasteiger partial charge in [0.15, 0.2) is 0 Å². The Morgan fingerprint density at radius 2 is 2.05 bits per heavy atom. The molecule has 0 heterocycles. The monoisotopic (exact) mass is 270 g/mol. The van der Waals surface area contributed by atoms with Crippen LogP contribution in [-0.2, 0) is 0 Å². The molecule has 0 saturated carbocycles. The predicted molar refractivity (Wildman–Crippen MR) is 72.5 cm³/mol. The first kappa shape index (κ1) is 13.6. The third-order valence-electron chi connectivity index (χ3n) is 2.80. The van der Waals surface area contributed by atoms with Crippen molar-refractivity contribution in [1.82, 2.24) is 0 Å². The van der Waals surface area contributed by atoms with Gasteiger partial charge in [0, 0.05) is 0 Å². The largest absolute Gasteiger partial charge is 0.478 e. The Kier molecular flexibility index (Phi) is 3.67. The highest BCUT2D eigenvalue weighted by atomic mass is 19.1. The van der Waals surface area contributed by atoms with Crippen LogP contribution in [0.4, 0.5) is 15.8 Å². The molecular formula is C15H11FN2O2. The number of nitrogens with one attached hydrogen (secondary N) is 1. The molecule has 0 amide bonds. The highest BCUT2D eigenvalue weighted by Crippen LogP contribution is 2.25. The molecule has 0 spiro atoms. The molecular weight excluding hydrogens is 259 g/mol. The van der Waals surface area contributed by atoms with Crippen LogP contribution >= 0.6 is 0 Å². The van der Waals surface area contributed by atoms with E-state index in [0.29, 0.717) is 5.69 Å². The van der Waals surface area contributed by atoms with Crippen molar-refractivity contribution in [3.05, 3.63) is 58.9 Å². The molecule has 2 aromatic carbocycles. The van der Waals surface area contributed by atoms with E-state index in [4.69, 9.17) is 5.26 Å². The van der Waals surface area contributed by atoms with Crippen LogP contribution in [-0.4, -0.2) is 11.1 Å². The lowest BCUT2D eigenvalue weighted by Crippen LogP contribution is -2.04. The summed E-state index contributed by atoms with van der Waals surface area (Å²) in [6.45, 7) is 1.78. The average Bonchev–Trinajstić information content (AvgIpc) is 2.41. The Morgan fingerprint density at radius 1 is 1.30 bits per heavy atom. The lowest BCUT2D eigenvalue weighted by Gasteiger charge is -2.11. The third kappa shape index (κ3) is 2.59. The smallest absolute Gasteiger partial charge is 0.337 e. The van der Waals surface area contributed by atoms with Crippen molar-refractivity contribution in [2.24, 2.45) is 0 Å². The average molecular weight is 270 g/mol. The summed E-state index contributed by atoms with van der Waals surface area (Å²) in [6, 6.07) is 10.7. The van der Waals surface area contributed by atoms with E-state index in [-0.39, 0.29) is 16.8 Å². The molecule has 100 valence electrons. The Labute approximate surface area is 115 Å². The van der Waals surface area contributed by atoms with Crippen LogP contribution in [0.3, 0.4) is 0 Å². The molecule has 2 aromatic rings. The van der Waals surface area contributed by atoms with E-state index in [1.165, 1.54) is 24.3 Å². The summed E-state index contributed by atoms with van der Waals surface area (Å²) < 4.78 is 13.5. The number of carbonyl (C=O) groups is 1. The number of halogens is 1. The van der Waals surface area contributed by atoms with Gasteiger partial charge in [-0.25, -0.2) is 9.18 Å². The van der Waals surface area contributed by atoms with Gasteiger partial charge in [0.25, 0.3) is 0 Å². The summed E-state index contributed by atoms with van der Waals surface area (Å²) >= 11 is 0. The molecule has 0 atom stereocenters. The Morgan fingerprint density at radius 3 is 2.70 bits per heavy atom. The normalized spacial score (nSPS) is 9.85. The molecule has 0 radical (unpaired) electrons. The number of nitrogens with zero attached hydrogens (tertiary/aromatic N) is 1. The maximum Gasteiger partial charge on any atom is 0.337 e. The molecule has 0 saturated heterocycles. The first-order valence-electron chi connectivity index (χ1n) is 5.82. The summed E-state index contributed by atoms with van der Waals surface area (Å²) in [5.74, 6) is -1.74. The summed E-state index contributed by atoms with van der Waals surface area (Å²) in [5.41, 5.74) is 1.26. The fraction of sp³-hybridized carbons (Fsp3) is 0.0667. The molecule has 0 aliphatic carbocycles. The maximum atomic E-state index is 13.5. The van der Waals surface area contributed by atoms with Crippen molar-refractivity contribution in [2.75, 3.05) is 5.32 Å². The number of carboxylic acids is 1. The highest BCUT2D eigenvalue weighted by molar-refractivity contribution is 5.95. The van der Waals surface area contributed by atoms with Gasteiger partial charge in [0.05, 0.1) is 16.9 Å². The molecule has 0 bridgehead atoms. The van der Waals surface area contributed by atoms with Gasteiger partial charge in [0.2, 0.25) is 0 Å². The minimum Gasteiger partial charge on any atom is -0.478 e. The van der Waals surface area contributed by atoms with Gasteiger partial charge < -0.3 is 10.4 Å². The highest BCUT2D eigenvalue weighted by Gasteiger charge is 2.13. The van der Waals surface area contributed by atoms with Crippen LogP contribution in [0.1, 0.15) is 21.5 Å². The van der Waals surface area contributed by atoms with E-state index in [9.17, 15) is 14.3 Å². The van der Waals surface area contributed by atoms with Crippen LogP contribution in [0.25, 0.3) is 0 Å². The van der Waals surface area contributed by atoms with Crippen LogP contribution in [0.15, 0.2) is 36.4 Å². The lowest BCUT2D eigenvalue weighted by atomic mass is 10.1. The summed E-state index contributed by atoms with van der Waals surface area (Å²) in [4.78, 5) is 11.2. The number of aryl methyl sites for hydroxylation is 1. The lowest BCUT2D eigenvalue weighted by molar-refractivity contribution is 0.0698. The number of hydrogen-bond acceptors (Lipinski definition) is 3. The number of benzene rings is 2. The van der Waals surface area contributed by atoms with Crippen LogP contribution in [0, 0.1) is 24.1 Å². The molecule has 0 fully saturated rings. The van der Waals surface area contributed by atoms with E-state index in [1.807, 2.05) is 0 Å². The van der Waals surface area contributed by atoms with Crippen molar-refractivity contribution in [3.63, 3.8) is 0 Å². The molecule has 5 heteroatoms. The minimum atomic E-state index is -1.09. The second-order valence-electron chi connectivity index (χ2n) is 4.25. The van der Waals surface area contributed by atoms with E-state index in [1.54, 1.807) is 25.1 Å². The Balaban J connectivity index is 2.49. The van der Waals surface area contributed by atoms with Crippen molar-refractivity contribution in [3.8, 4) is 6.07 Å². The molecule has 2 rings (SSSR count). The quantitative estimate of drug-likeness (QED) is 0.895. The first-order valence-corrected chi connectivity index (χ1v) is 5.82. The number of carboxylic acid groups (broad SMARTS) is 1. The maximum absolute atomic E-state index is 13.5. The number of anilines is 2. The molecule has 20 heavy (non-hydrogen) atoms. The van der Waals surface area contributed by atoms with Gasteiger partial charge in [0.1, 0.15) is 17.4 Å². The zero-order valence-corrected chi connectivity index (χ0v) is 10.6. The van der Waals surface area contributed by atoms with Crippen molar-refractivity contribution < 1.29 is 14.3 Å². The van der Waals surface area contributed by atoms with Gasteiger partial charge in [-0.3, -0.25) is 0 Å². The van der Waals surface area contributed by atoms with E-state index < -0.39 is 11.8 Å². The summed E-state index contributed by atoms with van der Waals surface area (Å²) in [5, 5.41) is 20.9. The van der Waals surface area contributed by atoms with Gasteiger partial charge in [-0.15, -0.1) is 0 Å². The summed E-state index contributed by atoms with van der Waals surface area (Å²) in [7, 11) is 0. The number of nitriles is 1. The standard InChI is InChI=1S/C15H11FN2O2/c1-9-5-6-14(10(7-9)15(19)20)18-13-4-2-3-12(16)11(13)8-17/h2-7,18H,1H3,(H,19,20). The topological polar surface area (TPSA) is 73.1 Å². The van der Waals surface area contributed by atoms with Crippen molar-refractivity contribution >= 4 is 17.3 Å². The molecule has 2 N–H and O–H groups in total. The zero-order chi connectivity index (χ0) is 14.7. The fourth-order valence-corrected chi connectivity index (χ4v) is 1.83. The molecule has 0 unspecified atom stereocenters. The van der Waals surface area contributed by atoms with Crippen molar-refractivity contribution in [2.45, 2.75) is 6.92 Å². The Bertz CT molecular complexity index is 720. The number of hydrogen-bond donors (Lipinski definition) is 2. The molecule has 0 aliphatic heterocycles. The van der Waals surface area contributed by atoms with Crippen LogP contribution < -0.4 is 5.32 Å². The van der Waals surface area contributed by atoms with E-state index in [0.717, 1.165) is 5.56 Å². The SMILES string of the molecule is Cc1ccc(Nc2cccc(F)c2C#N)c(C(=O)O)c1. The first-order chi connectivity index (χ1) is 9.52. The fourth-order valence-electron chi connectivity index (χ4n) is 1.83. The van der Waals surface area contributed by atoms with E-state index >= 15 is 0 Å². The van der Waals surface area contributed by atoms with Crippen molar-refractivity contribution in [1.29, 1.82) is 5.26 Å². The predicted octanol–water partition coefficient (Wildman–Crippen LogP) is 3.45. The third-order valence-corrected chi connectivity index (χ3v) is 2.80. The molecule has 0 aromatic heterocycles. The number of rotatable bonds is 3. The Hall–Kier alpha value is -2.87. The van der Waals surface area contributed by atoms with Gasteiger partial charge >= 0.3 is 5.97 Å². The molecule has 0 aliphatic rings. The second-order valence-corrected chi connectivity index (χ2v) is 4.25. The second kappa shape index (κ2) is 5.41. The zero-order valence-electron chi connectivity index (χ0n) is 10.6. The number of aromatic carboxylic acids is 1. The molecule has 4 nitrogen and oxygen atoms in total. The van der Waals surface area contributed by atoms with Crippen LogP contribution in [0.5, 0.6) is 0 Å². The van der Waals surface area contributed by atoms with Gasteiger partial charge in [-0.2, -0.15) is 5.26 Å². The van der Waals surface area contributed by atoms with Gasteiger partial charge in [-0.1, -0.05) is 17.7 Å². The van der Waals surface area contributed by atoms with Gasteiger partial charge in [-0.05, 0) is 31.2 Å².